The first-order chi connectivity index (χ1) is 8.43. The molecule has 100 valence electrons. The summed E-state index contributed by atoms with van der Waals surface area (Å²) in [6, 6.07) is 3.53. The number of halogens is 2. The minimum Gasteiger partial charge on any atom is -0.492 e. The minimum absolute atomic E-state index is 0.189. The molecule has 1 aromatic carbocycles. The van der Waals surface area contributed by atoms with Crippen LogP contribution in [0.25, 0.3) is 0 Å². The lowest BCUT2D eigenvalue weighted by Crippen LogP contribution is -2.07. The Bertz CT molecular complexity index is 430. The van der Waals surface area contributed by atoms with Gasteiger partial charge in [-0.15, -0.1) is 0 Å². The highest BCUT2D eigenvalue weighted by Gasteiger charge is 2.14. The molecule has 0 aliphatic rings. The monoisotopic (exact) mass is 288 g/mol. The van der Waals surface area contributed by atoms with Crippen molar-refractivity contribution in [1.82, 2.24) is 0 Å². The van der Waals surface area contributed by atoms with Crippen LogP contribution in [-0.2, 0) is 11.2 Å². The Labute approximate surface area is 118 Å². The van der Waals surface area contributed by atoms with Gasteiger partial charge in [-0.1, -0.05) is 30.1 Å². The van der Waals surface area contributed by atoms with Gasteiger partial charge in [-0.3, -0.25) is 0 Å². The van der Waals surface area contributed by atoms with E-state index >= 15 is 0 Å². The molecular formula is C14H18Cl2O2. The number of carbonyl (C=O) groups is 1. The van der Waals surface area contributed by atoms with E-state index in [0.717, 1.165) is 12.0 Å². The third kappa shape index (κ3) is 4.51. The fourth-order valence-corrected chi connectivity index (χ4v) is 2.60. The molecule has 0 fully saturated rings. The first-order valence-corrected chi connectivity index (χ1v) is 6.79. The number of hydrogen-bond acceptors (Lipinski definition) is 2. The summed E-state index contributed by atoms with van der Waals surface area (Å²) in [6.45, 7) is 6.10. The van der Waals surface area contributed by atoms with E-state index in [1.165, 1.54) is 0 Å². The Hall–Kier alpha value is -0.730. The van der Waals surface area contributed by atoms with E-state index in [-0.39, 0.29) is 11.7 Å². The maximum atomic E-state index is 11.1. The van der Waals surface area contributed by atoms with Crippen LogP contribution in [0, 0.1) is 5.92 Å². The zero-order valence-electron chi connectivity index (χ0n) is 10.9. The number of rotatable bonds is 6. The third-order valence-electron chi connectivity index (χ3n) is 2.58. The summed E-state index contributed by atoms with van der Waals surface area (Å²) in [7, 11) is 0. The number of carbonyl (C=O) groups excluding carboxylic acids is 1. The summed E-state index contributed by atoms with van der Waals surface area (Å²) < 4.78 is 5.55. The molecule has 0 saturated carbocycles. The van der Waals surface area contributed by atoms with Gasteiger partial charge in [0.2, 0.25) is 0 Å². The van der Waals surface area contributed by atoms with Crippen LogP contribution in [0.2, 0.25) is 10.0 Å². The fourth-order valence-electron chi connectivity index (χ4n) is 2.01. The molecule has 1 atom stereocenters. The molecule has 1 rings (SSSR count). The molecule has 4 heteroatoms. The van der Waals surface area contributed by atoms with E-state index in [4.69, 9.17) is 27.9 Å². The maximum Gasteiger partial charge on any atom is 0.141 e. The quantitative estimate of drug-likeness (QED) is 0.768. The summed E-state index contributed by atoms with van der Waals surface area (Å²) in [5.74, 6) is 1.11. The van der Waals surface area contributed by atoms with Gasteiger partial charge in [0.1, 0.15) is 11.5 Å². The smallest absolute Gasteiger partial charge is 0.141 e. The average Bonchev–Trinajstić information content (AvgIpc) is 2.21. The van der Waals surface area contributed by atoms with Crippen LogP contribution in [0.1, 0.15) is 32.8 Å². The molecule has 0 aliphatic carbocycles. The Morgan fingerprint density at radius 1 is 1.39 bits per heavy atom. The van der Waals surface area contributed by atoms with Crippen LogP contribution >= 0.6 is 23.2 Å². The lowest BCUT2D eigenvalue weighted by Gasteiger charge is -2.15. The molecule has 0 aliphatic heterocycles. The molecule has 0 saturated heterocycles. The highest BCUT2D eigenvalue weighted by atomic mass is 35.5. The summed E-state index contributed by atoms with van der Waals surface area (Å²) in [5, 5.41) is 1.11. The van der Waals surface area contributed by atoms with Gasteiger partial charge >= 0.3 is 0 Å². The summed E-state index contributed by atoms with van der Waals surface area (Å²) in [5.41, 5.74) is 0.961. The Morgan fingerprint density at radius 2 is 2.06 bits per heavy atom. The molecule has 1 aromatic rings. The zero-order chi connectivity index (χ0) is 13.7. The molecule has 0 spiro atoms. The van der Waals surface area contributed by atoms with Gasteiger partial charge in [0, 0.05) is 11.4 Å². The largest absolute Gasteiger partial charge is 0.492 e. The van der Waals surface area contributed by atoms with Crippen molar-refractivity contribution in [2.45, 2.75) is 33.6 Å². The van der Waals surface area contributed by atoms with Crippen molar-refractivity contribution in [3.8, 4) is 5.75 Å². The second kappa shape index (κ2) is 7.01. The van der Waals surface area contributed by atoms with Gasteiger partial charge in [0.15, 0.2) is 0 Å². The molecule has 0 aromatic heterocycles. The Balaban J connectivity index is 2.95. The summed E-state index contributed by atoms with van der Waals surface area (Å²) >= 11 is 12.1. The van der Waals surface area contributed by atoms with Crippen LogP contribution in [0.4, 0.5) is 0 Å². The lowest BCUT2D eigenvalue weighted by molar-refractivity contribution is -0.117. The molecule has 2 nitrogen and oxygen atoms in total. The second-order valence-corrected chi connectivity index (χ2v) is 5.37. The average molecular weight is 289 g/mol. The SMILES string of the molecule is CCOc1c(Cl)cc(Cl)cc1CC(C)CC(C)=O. The van der Waals surface area contributed by atoms with E-state index in [0.29, 0.717) is 28.8 Å². The minimum atomic E-state index is 0.189. The number of ketones is 1. The van der Waals surface area contributed by atoms with Crippen LogP contribution in [0.15, 0.2) is 12.1 Å². The number of benzene rings is 1. The topological polar surface area (TPSA) is 26.3 Å². The van der Waals surface area contributed by atoms with E-state index in [1.54, 1.807) is 13.0 Å². The standard InChI is InChI=1S/C14H18Cl2O2/c1-4-18-14-11(6-9(2)5-10(3)17)7-12(15)8-13(14)16/h7-9H,4-6H2,1-3H3. The summed E-state index contributed by atoms with van der Waals surface area (Å²) in [4.78, 5) is 11.1. The highest BCUT2D eigenvalue weighted by molar-refractivity contribution is 6.35. The summed E-state index contributed by atoms with van der Waals surface area (Å²) in [6.07, 6.45) is 1.28. The van der Waals surface area contributed by atoms with Crippen LogP contribution in [-0.4, -0.2) is 12.4 Å². The molecule has 18 heavy (non-hydrogen) atoms. The maximum absolute atomic E-state index is 11.1. The van der Waals surface area contributed by atoms with Crippen molar-refractivity contribution in [1.29, 1.82) is 0 Å². The fraction of sp³-hybridized carbons (Fsp3) is 0.500. The van der Waals surface area contributed by atoms with Gasteiger partial charge in [-0.2, -0.15) is 0 Å². The van der Waals surface area contributed by atoms with Crippen LogP contribution in [0.5, 0.6) is 5.75 Å². The molecular weight excluding hydrogens is 271 g/mol. The second-order valence-electron chi connectivity index (χ2n) is 4.52. The predicted molar refractivity (Wildman–Crippen MR) is 75.8 cm³/mol. The zero-order valence-corrected chi connectivity index (χ0v) is 12.4. The number of hydrogen-bond donors (Lipinski definition) is 0. The van der Waals surface area contributed by atoms with Crippen molar-refractivity contribution in [3.63, 3.8) is 0 Å². The van der Waals surface area contributed by atoms with Gasteiger partial charge < -0.3 is 9.53 Å². The van der Waals surface area contributed by atoms with E-state index < -0.39 is 0 Å². The molecule has 0 bridgehead atoms. The van der Waals surface area contributed by atoms with E-state index in [9.17, 15) is 4.79 Å². The van der Waals surface area contributed by atoms with Gasteiger partial charge in [-0.05, 0) is 43.9 Å². The van der Waals surface area contributed by atoms with Gasteiger partial charge in [-0.25, -0.2) is 0 Å². The van der Waals surface area contributed by atoms with Crippen molar-refractivity contribution in [2.75, 3.05) is 6.61 Å². The van der Waals surface area contributed by atoms with Gasteiger partial charge in [0.05, 0.1) is 11.6 Å². The lowest BCUT2D eigenvalue weighted by atomic mass is 9.96. The van der Waals surface area contributed by atoms with Crippen molar-refractivity contribution in [3.05, 3.63) is 27.7 Å². The Morgan fingerprint density at radius 3 is 2.61 bits per heavy atom. The first kappa shape index (κ1) is 15.3. The molecule has 0 amide bonds. The highest BCUT2D eigenvalue weighted by Crippen LogP contribution is 2.34. The number of ether oxygens (including phenoxy) is 1. The molecule has 0 N–H and O–H groups in total. The number of Topliss-reactive ketones (excluding diaryl/α,β-unsaturated/α-hetero) is 1. The van der Waals surface area contributed by atoms with Crippen molar-refractivity contribution >= 4 is 29.0 Å². The third-order valence-corrected chi connectivity index (χ3v) is 3.08. The molecule has 0 heterocycles. The van der Waals surface area contributed by atoms with Gasteiger partial charge in [0.25, 0.3) is 0 Å². The van der Waals surface area contributed by atoms with Crippen LogP contribution in [0.3, 0.4) is 0 Å². The van der Waals surface area contributed by atoms with Crippen molar-refractivity contribution < 1.29 is 9.53 Å². The van der Waals surface area contributed by atoms with E-state index in [1.807, 2.05) is 19.9 Å². The molecule has 1 unspecified atom stereocenters. The van der Waals surface area contributed by atoms with Crippen molar-refractivity contribution in [2.24, 2.45) is 5.92 Å². The molecule has 0 radical (unpaired) electrons. The Kier molecular flexibility index (Phi) is 5.97. The van der Waals surface area contributed by atoms with Crippen LogP contribution < -0.4 is 4.74 Å². The first-order valence-electron chi connectivity index (χ1n) is 6.04. The van der Waals surface area contributed by atoms with E-state index in [2.05, 4.69) is 0 Å². The predicted octanol–water partition coefficient (Wildman–Crippen LogP) is 4.55. The normalized spacial score (nSPS) is 12.3.